The molecule has 0 spiro atoms. The molecule has 0 bridgehead atoms. The topological polar surface area (TPSA) is 50.9 Å². The lowest BCUT2D eigenvalue weighted by atomic mass is 9.81. The molecule has 2 unspecified atom stereocenters. The number of nitrogens with zero attached hydrogens (tertiary/aromatic N) is 1. The maximum atomic E-state index is 5.98. The van der Waals surface area contributed by atoms with Crippen molar-refractivity contribution in [2.24, 2.45) is 0 Å². The SMILES string of the molecule is CNC1CCCC(c2cnccc2N)C1. The van der Waals surface area contributed by atoms with E-state index in [9.17, 15) is 0 Å². The average molecular weight is 205 g/mol. The molecule has 0 radical (unpaired) electrons. The van der Waals surface area contributed by atoms with Crippen LogP contribution in [0, 0.1) is 0 Å². The number of nitrogens with one attached hydrogen (secondary N) is 1. The van der Waals surface area contributed by atoms with E-state index < -0.39 is 0 Å². The number of anilines is 1. The van der Waals surface area contributed by atoms with Gasteiger partial charge in [0, 0.05) is 24.1 Å². The molecule has 0 saturated heterocycles. The molecule has 0 aromatic carbocycles. The van der Waals surface area contributed by atoms with Crippen LogP contribution in [-0.4, -0.2) is 18.1 Å². The van der Waals surface area contributed by atoms with E-state index in [1.807, 2.05) is 19.3 Å². The first-order chi connectivity index (χ1) is 7.31. The van der Waals surface area contributed by atoms with Gasteiger partial charge in [0.15, 0.2) is 0 Å². The zero-order chi connectivity index (χ0) is 10.7. The highest BCUT2D eigenvalue weighted by Crippen LogP contribution is 2.34. The first-order valence-electron chi connectivity index (χ1n) is 5.68. The lowest BCUT2D eigenvalue weighted by Gasteiger charge is -2.29. The van der Waals surface area contributed by atoms with Gasteiger partial charge in [0.05, 0.1) is 0 Å². The van der Waals surface area contributed by atoms with E-state index >= 15 is 0 Å². The zero-order valence-electron chi connectivity index (χ0n) is 9.24. The Kier molecular flexibility index (Phi) is 3.21. The monoisotopic (exact) mass is 205 g/mol. The van der Waals surface area contributed by atoms with Crippen molar-refractivity contribution < 1.29 is 0 Å². The lowest BCUT2D eigenvalue weighted by molar-refractivity contribution is 0.355. The molecular weight excluding hydrogens is 186 g/mol. The molecule has 3 nitrogen and oxygen atoms in total. The summed E-state index contributed by atoms with van der Waals surface area (Å²) in [5.41, 5.74) is 8.11. The highest BCUT2D eigenvalue weighted by atomic mass is 14.9. The van der Waals surface area contributed by atoms with Crippen LogP contribution in [0.25, 0.3) is 0 Å². The van der Waals surface area contributed by atoms with Gasteiger partial charge in [0.1, 0.15) is 0 Å². The molecule has 2 atom stereocenters. The largest absolute Gasteiger partial charge is 0.398 e. The van der Waals surface area contributed by atoms with Crippen LogP contribution >= 0.6 is 0 Å². The summed E-state index contributed by atoms with van der Waals surface area (Å²) in [6.45, 7) is 0. The van der Waals surface area contributed by atoms with E-state index in [0.29, 0.717) is 12.0 Å². The van der Waals surface area contributed by atoms with Gasteiger partial charge in [-0.15, -0.1) is 0 Å². The Morgan fingerprint density at radius 3 is 3.07 bits per heavy atom. The second-order valence-electron chi connectivity index (χ2n) is 4.35. The average Bonchev–Trinajstić information content (AvgIpc) is 2.30. The van der Waals surface area contributed by atoms with Crippen LogP contribution < -0.4 is 11.1 Å². The Bertz CT molecular complexity index is 324. The molecule has 0 amide bonds. The molecule has 82 valence electrons. The number of hydrogen-bond donors (Lipinski definition) is 2. The van der Waals surface area contributed by atoms with Gasteiger partial charge in [-0.25, -0.2) is 0 Å². The van der Waals surface area contributed by atoms with Crippen molar-refractivity contribution in [3.8, 4) is 0 Å². The molecule has 1 aromatic heterocycles. The number of pyridine rings is 1. The van der Waals surface area contributed by atoms with Crippen molar-refractivity contribution in [1.29, 1.82) is 0 Å². The minimum absolute atomic E-state index is 0.588. The van der Waals surface area contributed by atoms with E-state index in [2.05, 4.69) is 10.3 Å². The van der Waals surface area contributed by atoms with Crippen molar-refractivity contribution >= 4 is 5.69 Å². The van der Waals surface area contributed by atoms with Crippen LogP contribution in [0.4, 0.5) is 5.69 Å². The maximum Gasteiger partial charge on any atom is 0.0380 e. The highest BCUT2D eigenvalue weighted by molar-refractivity contribution is 5.46. The normalized spacial score (nSPS) is 26.5. The highest BCUT2D eigenvalue weighted by Gasteiger charge is 2.23. The minimum atomic E-state index is 0.588. The number of nitrogens with two attached hydrogens (primary N) is 1. The fourth-order valence-electron chi connectivity index (χ4n) is 2.49. The Morgan fingerprint density at radius 2 is 2.33 bits per heavy atom. The Labute approximate surface area is 91.1 Å². The standard InChI is InChI=1S/C12H19N3/c1-14-10-4-2-3-9(7-10)11-8-15-6-5-12(11)13/h5-6,8-10,14H,2-4,7H2,1H3,(H2,13,15). The third kappa shape index (κ3) is 2.29. The van der Waals surface area contributed by atoms with Gasteiger partial charge in [-0.1, -0.05) is 6.42 Å². The molecule has 1 aromatic rings. The van der Waals surface area contributed by atoms with E-state index in [1.165, 1.54) is 31.2 Å². The van der Waals surface area contributed by atoms with E-state index in [0.717, 1.165) is 5.69 Å². The van der Waals surface area contributed by atoms with Gasteiger partial charge >= 0.3 is 0 Å². The molecule has 3 heteroatoms. The van der Waals surface area contributed by atoms with Crippen molar-refractivity contribution in [1.82, 2.24) is 10.3 Å². The third-order valence-electron chi connectivity index (χ3n) is 3.41. The number of aromatic nitrogens is 1. The smallest absolute Gasteiger partial charge is 0.0380 e. The van der Waals surface area contributed by atoms with Gasteiger partial charge in [-0.2, -0.15) is 0 Å². The van der Waals surface area contributed by atoms with Crippen LogP contribution in [0.2, 0.25) is 0 Å². The van der Waals surface area contributed by atoms with Gasteiger partial charge in [0.2, 0.25) is 0 Å². The van der Waals surface area contributed by atoms with Crippen molar-refractivity contribution in [2.45, 2.75) is 37.6 Å². The van der Waals surface area contributed by atoms with Crippen LogP contribution in [0.1, 0.15) is 37.2 Å². The molecular formula is C12H19N3. The zero-order valence-corrected chi connectivity index (χ0v) is 9.24. The number of nitrogen functional groups attached to an aromatic ring is 1. The summed E-state index contributed by atoms with van der Waals surface area (Å²) in [5, 5.41) is 3.36. The second kappa shape index (κ2) is 4.62. The summed E-state index contributed by atoms with van der Waals surface area (Å²) < 4.78 is 0. The third-order valence-corrected chi connectivity index (χ3v) is 3.41. The summed E-state index contributed by atoms with van der Waals surface area (Å²) in [6, 6.07) is 2.54. The Morgan fingerprint density at radius 1 is 1.47 bits per heavy atom. The summed E-state index contributed by atoms with van der Waals surface area (Å²) in [6.07, 6.45) is 8.69. The minimum Gasteiger partial charge on any atom is -0.398 e. The molecule has 3 N–H and O–H groups in total. The Balaban J connectivity index is 2.13. The fourth-order valence-corrected chi connectivity index (χ4v) is 2.49. The first-order valence-corrected chi connectivity index (χ1v) is 5.68. The summed E-state index contributed by atoms with van der Waals surface area (Å²) in [5.74, 6) is 0.588. The lowest BCUT2D eigenvalue weighted by Crippen LogP contribution is -2.30. The molecule has 1 fully saturated rings. The van der Waals surface area contributed by atoms with Crippen molar-refractivity contribution in [3.05, 3.63) is 24.0 Å². The molecule has 0 aliphatic heterocycles. The van der Waals surface area contributed by atoms with Crippen LogP contribution in [0.3, 0.4) is 0 Å². The number of rotatable bonds is 2. The molecule has 1 saturated carbocycles. The van der Waals surface area contributed by atoms with Gasteiger partial charge in [0.25, 0.3) is 0 Å². The van der Waals surface area contributed by atoms with Gasteiger partial charge in [-0.05, 0) is 43.9 Å². The van der Waals surface area contributed by atoms with Crippen molar-refractivity contribution in [3.63, 3.8) is 0 Å². The summed E-state index contributed by atoms with van der Waals surface area (Å²) in [7, 11) is 2.04. The van der Waals surface area contributed by atoms with E-state index in [1.54, 1.807) is 6.20 Å². The second-order valence-corrected chi connectivity index (χ2v) is 4.35. The predicted molar refractivity (Wildman–Crippen MR) is 62.7 cm³/mol. The van der Waals surface area contributed by atoms with Gasteiger partial charge in [-0.3, -0.25) is 4.98 Å². The quantitative estimate of drug-likeness (QED) is 0.775. The van der Waals surface area contributed by atoms with E-state index in [-0.39, 0.29) is 0 Å². The van der Waals surface area contributed by atoms with Crippen LogP contribution in [0.15, 0.2) is 18.5 Å². The fraction of sp³-hybridized carbons (Fsp3) is 0.583. The molecule has 15 heavy (non-hydrogen) atoms. The van der Waals surface area contributed by atoms with Crippen molar-refractivity contribution in [2.75, 3.05) is 12.8 Å². The summed E-state index contributed by atoms with van der Waals surface area (Å²) >= 11 is 0. The maximum absolute atomic E-state index is 5.98. The Hall–Kier alpha value is -1.09. The molecule has 1 aliphatic rings. The van der Waals surface area contributed by atoms with Crippen LogP contribution in [-0.2, 0) is 0 Å². The number of hydrogen-bond acceptors (Lipinski definition) is 3. The van der Waals surface area contributed by atoms with Gasteiger partial charge < -0.3 is 11.1 Å². The molecule has 1 aliphatic carbocycles. The van der Waals surface area contributed by atoms with Crippen LogP contribution in [0.5, 0.6) is 0 Å². The van der Waals surface area contributed by atoms with E-state index in [4.69, 9.17) is 5.73 Å². The molecule has 1 heterocycles. The predicted octanol–water partition coefficient (Wildman–Crippen LogP) is 1.91. The first kappa shape index (κ1) is 10.4. The molecule has 2 rings (SSSR count). The summed E-state index contributed by atoms with van der Waals surface area (Å²) in [4.78, 5) is 4.17.